The van der Waals surface area contributed by atoms with Gasteiger partial charge in [0.15, 0.2) is 0 Å². The highest BCUT2D eigenvalue weighted by molar-refractivity contribution is 5.81. The Bertz CT molecular complexity index is 609. The van der Waals surface area contributed by atoms with Crippen LogP contribution >= 0.6 is 0 Å². The van der Waals surface area contributed by atoms with Crippen molar-refractivity contribution in [2.24, 2.45) is 0 Å². The van der Waals surface area contributed by atoms with E-state index in [2.05, 4.69) is 47.7 Å². The van der Waals surface area contributed by atoms with E-state index in [-0.39, 0.29) is 5.54 Å². The number of likely N-dealkylation sites (tertiary alicyclic amines) is 1. The van der Waals surface area contributed by atoms with Crippen LogP contribution in [-0.2, 0) is 6.54 Å². The second-order valence-electron chi connectivity index (χ2n) is 6.73. The van der Waals surface area contributed by atoms with Crippen LogP contribution < -0.4 is 4.74 Å². The standard InChI is InChI=1S/C18H26N2O/c1-18(2,20-10-5-4-6-11-20)14-19-12-9-15-13-16(21-3)7-8-17(15)19/h7-9,12-13H,4-6,10-11,14H2,1-3H3. The molecule has 1 aliphatic rings. The molecule has 0 saturated carbocycles. The summed E-state index contributed by atoms with van der Waals surface area (Å²) in [6, 6.07) is 8.51. The van der Waals surface area contributed by atoms with E-state index in [1.54, 1.807) is 7.11 Å². The van der Waals surface area contributed by atoms with Crippen LogP contribution in [0, 0.1) is 0 Å². The molecular weight excluding hydrogens is 260 g/mol. The monoisotopic (exact) mass is 286 g/mol. The van der Waals surface area contributed by atoms with Gasteiger partial charge in [-0.1, -0.05) is 6.42 Å². The third-order valence-corrected chi connectivity index (χ3v) is 4.75. The van der Waals surface area contributed by atoms with Crippen molar-refractivity contribution in [3.8, 4) is 5.75 Å². The molecule has 2 aromatic rings. The molecule has 0 aliphatic carbocycles. The summed E-state index contributed by atoms with van der Waals surface area (Å²) in [4.78, 5) is 2.64. The van der Waals surface area contributed by atoms with Crippen molar-refractivity contribution in [3.63, 3.8) is 0 Å². The van der Waals surface area contributed by atoms with Gasteiger partial charge in [-0.05, 0) is 64.0 Å². The van der Waals surface area contributed by atoms with Gasteiger partial charge in [-0.3, -0.25) is 4.90 Å². The van der Waals surface area contributed by atoms with Crippen molar-refractivity contribution in [2.45, 2.75) is 45.2 Å². The normalized spacial score (nSPS) is 17.3. The summed E-state index contributed by atoms with van der Waals surface area (Å²) in [5.74, 6) is 0.926. The van der Waals surface area contributed by atoms with Crippen LogP contribution in [0.5, 0.6) is 5.75 Å². The molecule has 1 fully saturated rings. The van der Waals surface area contributed by atoms with E-state index in [4.69, 9.17) is 4.74 Å². The number of nitrogens with zero attached hydrogens (tertiary/aromatic N) is 2. The second-order valence-corrected chi connectivity index (χ2v) is 6.73. The molecule has 0 radical (unpaired) electrons. The van der Waals surface area contributed by atoms with E-state index < -0.39 is 0 Å². The van der Waals surface area contributed by atoms with E-state index in [0.29, 0.717) is 0 Å². The Morgan fingerprint density at radius 3 is 2.57 bits per heavy atom. The first kappa shape index (κ1) is 14.5. The van der Waals surface area contributed by atoms with Crippen molar-refractivity contribution >= 4 is 10.9 Å². The topological polar surface area (TPSA) is 17.4 Å². The van der Waals surface area contributed by atoms with Crippen LogP contribution in [0.1, 0.15) is 33.1 Å². The minimum absolute atomic E-state index is 0.201. The van der Waals surface area contributed by atoms with Crippen LogP contribution in [-0.4, -0.2) is 35.2 Å². The van der Waals surface area contributed by atoms with Gasteiger partial charge in [0.2, 0.25) is 0 Å². The molecule has 0 spiro atoms. The van der Waals surface area contributed by atoms with Crippen molar-refractivity contribution < 1.29 is 4.74 Å². The molecule has 0 amide bonds. The summed E-state index contributed by atoms with van der Waals surface area (Å²) in [6.45, 7) is 8.24. The van der Waals surface area contributed by atoms with Crippen LogP contribution in [0.2, 0.25) is 0 Å². The minimum Gasteiger partial charge on any atom is -0.497 e. The number of hydrogen-bond donors (Lipinski definition) is 0. The maximum atomic E-state index is 5.31. The Kier molecular flexibility index (Phi) is 3.94. The first-order chi connectivity index (χ1) is 10.1. The van der Waals surface area contributed by atoms with Crippen molar-refractivity contribution in [1.29, 1.82) is 0 Å². The highest BCUT2D eigenvalue weighted by Gasteiger charge is 2.28. The highest BCUT2D eigenvalue weighted by atomic mass is 16.5. The lowest BCUT2D eigenvalue weighted by molar-refractivity contribution is 0.0816. The number of methoxy groups -OCH3 is 1. The Morgan fingerprint density at radius 2 is 1.86 bits per heavy atom. The van der Waals surface area contributed by atoms with Crippen molar-refractivity contribution in [1.82, 2.24) is 9.47 Å². The molecule has 0 unspecified atom stereocenters. The van der Waals surface area contributed by atoms with E-state index in [9.17, 15) is 0 Å². The van der Waals surface area contributed by atoms with Gasteiger partial charge in [-0.2, -0.15) is 0 Å². The first-order valence-corrected chi connectivity index (χ1v) is 7.98. The average molecular weight is 286 g/mol. The van der Waals surface area contributed by atoms with Gasteiger partial charge in [-0.15, -0.1) is 0 Å². The number of fused-ring (bicyclic) bond motifs is 1. The molecular formula is C18H26N2O. The second kappa shape index (κ2) is 5.72. The third kappa shape index (κ3) is 2.93. The van der Waals surface area contributed by atoms with Crippen LogP contribution in [0.15, 0.2) is 30.5 Å². The molecule has 1 saturated heterocycles. The molecule has 1 aromatic carbocycles. The molecule has 2 heterocycles. The number of ether oxygens (including phenoxy) is 1. The summed E-state index contributed by atoms with van der Waals surface area (Å²) in [5, 5.41) is 1.25. The maximum Gasteiger partial charge on any atom is 0.119 e. The predicted molar refractivity (Wildman–Crippen MR) is 88.0 cm³/mol. The van der Waals surface area contributed by atoms with Gasteiger partial charge in [0, 0.05) is 29.2 Å². The fraction of sp³-hybridized carbons (Fsp3) is 0.556. The van der Waals surface area contributed by atoms with E-state index in [0.717, 1.165) is 12.3 Å². The van der Waals surface area contributed by atoms with Gasteiger partial charge < -0.3 is 9.30 Å². The lowest BCUT2D eigenvalue weighted by Crippen LogP contribution is -2.49. The zero-order valence-electron chi connectivity index (χ0n) is 13.4. The van der Waals surface area contributed by atoms with Gasteiger partial charge in [0.25, 0.3) is 0 Å². The Hall–Kier alpha value is -1.48. The van der Waals surface area contributed by atoms with E-state index in [1.807, 2.05) is 6.07 Å². The highest BCUT2D eigenvalue weighted by Crippen LogP contribution is 2.26. The molecule has 0 atom stereocenters. The Morgan fingerprint density at radius 1 is 1.10 bits per heavy atom. The largest absolute Gasteiger partial charge is 0.497 e. The molecule has 0 N–H and O–H groups in total. The number of rotatable bonds is 4. The van der Waals surface area contributed by atoms with Crippen LogP contribution in [0.3, 0.4) is 0 Å². The molecule has 3 rings (SSSR count). The Labute approximate surface area is 127 Å². The third-order valence-electron chi connectivity index (χ3n) is 4.75. The van der Waals surface area contributed by atoms with Crippen molar-refractivity contribution in [2.75, 3.05) is 20.2 Å². The first-order valence-electron chi connectivity index (χ1n) is 7.98. The number of benzene rings is 1. The van der Waals surface area contributed by atoms with Crippen LogP contribution in [0.25, 0.3) is 10.9 Å². The number of piperidine rings is 1. The van der Waals surface area contributed by atoms with Gasteiger partial charge in [0.05, 0.1) is 7.11 Å². The predicted octanol–water partition coefficient (Wildman–Crippen LogP) is 3.91. The zero-order chi connectivity index (χ0) is 14.9. The molecule has 1 aromatic heterocycles. The molecule has 21 heavy (non-hydrogen) atoms. The summed E-state index contributed by atoms with van der Waals surface area (Å²) in [5.41, 5.74) is 1.49. The van der Waals surface area contributed by atoms with Gasteiger partial charge >= 0.3 is 0 Å². The smallest absolute Gasteiger partial charge is 0.119 e. The van der Waals surface area contributed by atoms with E-state index in [1.165, 1.54) is 43.3 Å². The van der Waals surface area contributed by atoms with Gasteiger partial charge in [0.1, 0.15) is 5.75 Å². The summed E-state index contributed by atoms with van der Waals surface area (Å²) in [6.07, 6.45) is 6.27. The molecule has 3 nitrogen and oxygen atoms in total. The van der Waals surface area contributed by atoms with Crippen LogP contribution in [0.4, 0.5) is 0 Å². The average Bonchev–Trinajstić information content (AvgIpc) is 2.90. The SMILES string of the molecule is COc1ccc2c(ccn2CC(C)(C)N2CCCCC2)c1. The van der Waals surface area contributed by atoms with E-state index >= 15 is 0 Å². The fourth-order valence-corrected chi connectivity index (χ4v) is 3.46. The lowest BCUT2D eigenvalue weighted by atomic mass is 9.98. The molecule has 3 heteroatoms. The minimum atomic E-state index is 0.201. The maximum absolute atomic E-state index is 5.31. The zero-order valence-corrected chi connectivity index (χ0v) is 13.4. The quantitative estimate of drug-likeness (QED) is 0.847. The summed E-state index contributed by atoms with van der Waals surface area (Å²) < 4.78 is 7.69. The lowest BCUT2D eigenvalue weighted by Gasteiger charge is -2.41. The Balaban J connectivity index is 1.83. The molecule has 1 aliphatic heterocycles. The number of hydrogen-bond acceptors (Lipinski definition) is 2. The summed E-state index contributed by atoms with van der Waals surface area (Å²) in [7, 11) is 1.72. The number of aromatic nitrogens is 1. The van der Waals surface area contributed by atoms with Gasteiger partial charge in [-0.25, -0.2) is 0 Å². The van der Waals surface area contributed by atoms with Crippen molar-refractivity contribution in [3.05, 3.63) is 30.5 Å². The summed E-state index contributed by atoms with van der Waals surface area (Å²) >= 11 is 0. The molecule has 114 valence electrons. The fourth-order valence-electron chi connectivity index (χ4n) is 3.46. The molecule has 0 bridgehead atoms.